The second-order valence-electron chi connectivity index (χ2n) is 5.44. The average Bonchev–Trinajstić information content (AvgIpc) is 2.70. The molecule has 2 rings (SSSR count). The summed E-state index contributed by atoms with van der Waals surface area (Å²) in [6.07, 6.45) is 2.51. The fraction of sp³-hybridized carbons (Fsp3) is 0.500. The SMILES string of the molecule is CCc1ccc(N2C(=O)CC(CC)(CC)C2=O)cc1N. The highest BCUT2D eigenvalue weighted by Gasteiger charge is 2.49. The number of imide groups is 1. The van der Waals surface area contributed by atoms with Crippen molar-refractivity contribution in [2.24, 2.45) is 5.41 Å². The Morgan fingerprint density at radius 2 is 1.85 bits per heavy atom. The Kier molecular flexibility index (Phi) is 3.84. The van der Waals surface area contributed by atoms with Gasteiger partial charge in [-0.2, -0.15) is 0 Å². The summed E-state index contributed by atoms with van der Waals surface area (Å²) >= 11 is 0. The predicted octanol–water partition coefficient (Wildman–Crippen LogP) is 2.90. The van der Waals surface area contributed by atoms with Gasteiger partial charge in [-0.15, -0.1) is 0 Å². The third-order valence-corrected chi connectivity index (χ3v) is 4.52. The largest absolute Gasteiger partial charge is 0.398 e. The van der Waals surface area contributed by atoms with E-state index in [1.807, 2.05) is 32.9 Å². The summed E-state index contributed by atoms with van der Waals surface area (Å²) in [6, 6.07) is 5.44. The highest BCUT2D eigenvalue weighted by Crippen LogP contribution is 2.41. The van der Waals surface area contributed by atoms with Gasteiger partial charge < -0.3 is 5.73 Å². The van der Waals surface area contributed by atoms with E-state index >= 15 is 0 Å². The third kappa shape index (κ3) is 2.09. The van der Waals surface area contributed by atoms with Crippen molar-refractivity contribution in [3.8, 4) is 0 Å². The number of benzene rings is 1. The molecular formula is C16H22N2O2. The molecule has 0 unspecified atom stereocenters. The van der Waals surface area contributed by atoms with Crippen LogP contribution in [0, 0.1) is 5.41 Å². The van der Waals surface area contributed by atoms with Crippen molar-refractivity contribution in [2.45, 2.75) is 46.5 Å². The number of carbonyl (C=O) groups is 2. The minimum Gasteiger partial charge on any atom is -0.398 e. The van der Waals surface area contributed by atoms with E-state index in [-0.39, 0.29) is 11.8 Å². The van der Waals surface area contributed by atoms with Crippen LogP contribution in [0.4, 0.5) is 11.4 Å². The molecule has 1 saturated heterocycles. The van der Waals surface area contributed by atoms with Crippen molar-refractivity contribution in [3.05, 3.63) is 23.8 Å². The highest BCUT2D eigenvalue weighted by atomic mass is 16.2. The first-order valence-electron chi connectivity index (χ1n) is 7.24. The van der Waals surface area contributed by atoms with E-state index in [9.17, 15) is 9.59 Å². The van der Waals surface area contributed by atoms with E-state index < -0.39 is 5.41 Å². The predicted molar refractivity (Wildman–Crippen MR) is 80.4 cm³/mol. The molecule has 0 spiro atoms. The molecule has 1 aliphatic heterocycles. The molecule has 0 aromatic heterocycles. The molecule has 1 aromatic rings. The number of amides is 2. The van der Waals surface area contributed by atoms with Crippen LogP contribution in [0.5, 0.6) is 0 Å². The summed E-state index contributed by atoms with van der Waals surface area (Å²) in [6.45, 7) is 5.95. The molecule has 4 nitrogen and oxygen atoms in total. The molecule has 20 heavy (non-hydrogen) atoms. The van der Waals surface area contributed by atoms with Gasteiger partial charge in [0, 0.05) is 12.1 Å². The van der Waals surface area contributed by atoms with Gasteiger partial charge in [0.25, 0.3) is 0 Å². The van der Waals surface area contributed by atoms with Crippen LogP contribution in [0.3, 0.4) is 0 Å². The van der Waals surface area contributed by atoms with Crippen LogP contribution in [0.1, 0.15) is 45.6 Å². The molecule has 0 atom stereocenters. The van der Waals surface area contributed by atoms with Crippen LogP contribution in [-0.2, 0) is 16.0 Å². The van der Waals surface area contributed by atoms with Crippen LogP contribution >= 0.6 is 0 Å². The standard InChI is InChI=1S/C16H22N2O2/c1-4-11-7-8-12(9-13(11)17)18-14(19)10-16(5-2,6-3)15(18)20/h7-9H,4-6,10,17H2,1-3H3. The van der Waals surface area contributed by atoms with Crippen molar-refractivity contribution < 1.29 is 9.59 Å². The van der Waals surface area contributed by atoms with E-state index in [4.69, 9.17) is 5.73 Å². The molecule has 2 amide bonds. The molecule has 0 bridgehead atoms. The van der Waals surface area contributed by atoms with E-state index in [1.54, 1.807) is 6.07 Å². The Morgan fingerprint density at radius 1 is 1.20 bits per heavy atom. The number of aryl methyl sites for hydroxylation is 1. The van der Waals surface area contributed by atoms with Gasteiger partial charge in [0.15, 0.2) is 0 Å². The van der Waals surface area contributed by atoms with E-state index in [2.05, 4.69) is 0 Å². The monoisotopic (exact) mass is 274 g/mol. The first-order valence-corrected chi connectivity index (χ1v) is 7.24. The lowest BCUT2D eigenvalue weighted by Crippen LogP contribution is -2.35. The van der Waals surface area contributed by atoms with Gasteiger partial charge in [-0.05, 0) is 37.0 Å². The van der Waals surface area contributed by atoms with Crippen LogP contribution in [0.15, 0.2) is 18.2 Å². The van der Waals surface area contributed by atoms with Gasteiger partial charge in [-0.1, -0.05) is 26.8 Å². The van der Waals surface area contributed by atoms with Crippen molar-refractivity contribution in [1.29, 1.82) is 0 Å². The van der Waals surface area contributed by atoms with E-state index in [0.29, 0.717) is 30.6 Å². The zero-order valence-electron chi connectivity index (χ0n) is 12.4. The summed E-state index contributed by atoms with van der Waals surface area (Å²) in [5.74, 6) is -0.210. The molecule has 1 heterocycles. The maximum atomic E-state index is 12.6. The Morgan fingerprint density at radius 3 is 2.30 bits per heavy atom. The lowest BCUT2D eigenvalue weighted by atomic mass is 9.81. The molecule has 1 aliphatic rings. The van der Waals surface area contributed by atoms with Gasteiger partial charge in [0.2, 0.25) is 11.8 Å². The summed E-state index contributed by atoms with van der Waals surface area (Å²) in [5.41, 5.74) is 7.70. The first-order chi connectivity index (χ1) is 9.49. The average molecular weight is 274 g/mol. The minimum absolute atomic E-state index is 0.0869. The lowest BCUT2D eigenvalue weighted by Gasteiger charge is -2.23. The molecule has 108 valence electrons. The topological polar surface area (TPSA) is 63.4 Å². The molecule has 0 radical (unpaired) electrons. The van der Waals surface area contributed by atoms with Gasteiger partial charge in [0.05, 0.1) is 11.1 Å². The van der Waals surface area contributed by atoms with Crippen LogP contribution in [0.25, 0.3) is 0 Å². The Balaban J connectivity index is 2.41. The zero-order chi connectivity index (χ0) is 14.9. The minimum atomic E-state index is -0.532. The van der Waals surface area contributed by atoms with Crippen LogP contribution < -0.4 is 10.6 Å². The van der Waals surface area contributed by atoms with Gasteiger partial charge in [-0.3, -0.25) is 9.59 Å². The van der Waals surface area contributed by atoms with Gasteiger partial charge in [-0.25, -0.2) is 4.90 Å². The number of hydrogen-bond acceptors (Lipinski definition) is 3. The normalized spacial score (nSPS) is 17.9. The Labute approximate surface area is 119 Å². The number of nitrogens with two attached hydrogens (primary N) is 1. The molecule has 1 aromatic carbocycles. The van der Waals surface area contributed by atoms with Crippen molar-refractivity contribution in [3.63, 3.8) is 0 Å². The summed E-state index contributed by atoms with van der Waals surface area (Å²) in [7, 11) is 0. The van der Waals surface area contributed by atoms with Crippen molar-refractivity contribution >= 4 is 23.2 Å². The van der Waals surface area contributed by atoms with Crippen LogP contribution in [0.2, 0.25) is 0 Å². The smallest absolute Gasteiger partial charge is 0.240 e. The fourth-order valence-corrected chi connectivity index (χ4v) is 2.90. The lowest BCUT2D eigenvalue weighted by molar-refractivity contribution is -0.126. The number of nitrogen functional groups attached to an aromatic ring is 1. The number of nitrogens with zero attached hydrogens (tertiary/aromatic N) is 1. The molecule has 1 fully saturated rings. The maximum absolute atomic E-state index is 12.6. The fourth-order valence-electron chi connectivity index (χ4n) is 2.90. The van der Waals surface area contributed by atoms with Gasteiger partial charge >= 0.3 is 0 Å². The number of carbonyl (C=O) groups excluding carboxylic acids is 2. The number of hydrogen-bond donors (Lipinski definition) is 1. The number of anilines is 2. The summed E-state index contributed by atoms with van der Waals surface area (Å²) in [4.78, 5) is 26.2. The van der Waals surface area contributed by atoms with Crippen LogP contribution in [-0.4, -0.2) is 11.8 Å². The third-order valence-electron chi connectivity index (χ3n) is 4.52. The first kappa shape index (κ1) is 14.6. The zero-order valence-corrected chi connectivity index (χ0v) is 12.4. The second-order valence-corrected chi connectivity index (χ2v) is 5.44. The molecule has 0 aliphatic carbocycles. The highest BCUT2D eigenvalue weighted by molar-refractivity contribution is 6.22. The molecule has 4 heteroatoms. The second kappa shape index (κ2) is 5.27. The van der Waals surface area contributed by atoms with Crippen molar-refractivity contribution in [2.75, 3.05) is 10.6 Å². The van der Waals surface area contributed by atoms with E-state index in [0.717, 1.165) is 12.0 Å². The molecular weight excluding hydrogens is 252 g/mol. The quantitative estimate of drug-likeness (QED) is 0.678. The van der Waals surface area contributed by atoms with Crippen molar-refractivity contribution in [1.82, 2.24) is 0 Å². The Bertz CT molecular complexity index is 547. The van der Waals surface area contributed by atoms with Gasteiger partial charge in [0.1, 0.15) is 0 Å². The molecule has 0 saturated carbocycles. The number of rotatable bonds is 4. The maximum Gasteiger partial charge on any atom is 0.240 e. The summed E-state index contributed by atoms with van der Waals surface area (Å²) < 4.78 is 0. The Hall–Kier alpha value is -1.84. The summed E-state index contributed by atoms with van der Waals surface area (Å²) in [5, 5.41) is 0. The molecule has 2 N–H and O–H groups in total. The van der Waals surface area contributed by atoms with E-state index in [1.165, 1.54) is 4.90 Å².